The van der Waals surface area contributed by atoms with Gasteiger partial charge in [0.15, 0.2) is 0 Å². The van der Waals surface area contributed by atoms with Crippen molar-refractivity contribution in [2.24, 2.45) is 0 Å². The van der Waals surface area contributed by atoms with Crippen molar-refractivity contribution >= 4 is 22.8 Å². The second-order valence-corrected chi connectivity index (χ2v) is 5.14. The first-order valence-electron chi connectivity index (χ1n) is 6.38. The fourth-order valence-corrected chi connectivity index (χ4v) is 2.62. The topological polar surface area (TPSA) is 16.4 Å². The van der Waals surface area contributed by atoms with Crippen LogP contribution in [0, 0.1) is 0 Å². The molecule has 1 unspecified atom stereocenters. The van der Waals surface area contributed by atoms with Crippen molar-refractivity contribution < 1.29 is 4.42 Å². The maximum atomic E-state index is 5.64. The van der Waals surface area contributed by atoms with E-state index in [1.54, 1.807) is 6.07 Å². The van der Waals surface area contributed by atoms with Gasteiger partial charge in [0, 0.05) is 12.1 Å². The van der Waals surface area contributed by atoms with Crippen LogP contribution in [0.1, 0.15) is 32.6 Å². The van der Waals surface area contributed by atoms with Crippen LogP contribution < -0.4 is 0 Å². The molecular formula is C14H20ClNO. The monoisotopic (exact) mass is 253 g/mol. The van der Waals surface area contributed by atoms with Gasteiger partial charge in [-0.3, -0.25) is 0 Å². The third kappa shape index (κ3) is 3.14. The van der Waals surface area contributed by atoms with E-state index in [4.69, 9.17) is 16.0 Å². The van der Waals surface area contributed by atoms with Crippen molar-refractivity contribution in [2.45, 2.75) is 38.6 Å². The van der Waals surface area contributed by atoms with Gasteiger partial charge in [-0.15, -0.1) is 0 Å². The van der Waals surface area contributed by atoms with Gasteiger partial charge >= 0.3 is 0 Å². The summed E-state index contributed by atoms with van der Waals surface area (Å²) >= 11 is 5.64. The molecule has 1 aliphatic heterocycles. The van der Waals surface area contributed by atoms with Crippen LogP contribution in [0.5, 0.6) is 0 Å². The summed E-state index contributed by atoms with van der Waals surface area (Å²) in [7, 11) is 2.24. The van der Waals surface area contributed by atoms with Gasteiger partial charge in [-0.05, 0) is 45.0 Å². The molecule has 1 aliphatic rings. The summed E-state index contributed by atoms with van der Waals surface area (Å²) in [6.45, 7) is 3.60. The summed E-state index contributed by atoms with van der Waals surface area (Å²) in [5.41, 5.74) is 1.63. The number of fused-ring (bicyclic) bond motifs is 2. The number of nitrogens with zero attached hydrogens (tertiary/aromatic N) is 1. The zero-order valence-corrected chi connectivity index (χ0v) is 11.3. The SMILES string of the molecule is CCC1CCCCN1C.Clc1cc2ccc1o2. The van der Waals surface area contributed by atoms with E-state index >= 15 is 0 Å². The number of halogens is 1. The van der Waals surface area contributed by atoms with Crippen LogP contribution in [-0.2, 0) is 0 Å². The van der Waals surface area contributed by atoms with Crippen LogP contribution >= 0.6 is 11.6 Å². The predicted molar refractivity (Wildman–Crippen MR) is 73.0 cm³/mol. The molecule has 3 heteroatoms. The highest BCUT2D eigenvalue weighted by molar-refractivity contribution is 6.34. The molecule has 0 N–H and O–H groups in total. The third-order valence-corrected chi connectivity index (χ3v) is 3.82. The van der Waals surface area contributed by atoms with E-state index in [1.807, 2.05) is 12.1 Å². The Morgan fingerprint density at radius 2 is 2.24 bits per heavy atom. The fourth-order valence-electron chi connectivity index (χ4n) is 2.41. The molecule has 17 heavy (non-hydrogen) atoms. The maximum absolute atomic E-state index is 5.64. The zero-order valence-electron chi connectivity index (χ0n) is 10.6. The van der Waals surface area contributed by atoms with E-state index in [1.165, 1.54) is 32.2 Å². The Morgan fingerprint density at radius 1 is 1.41 bits per heavy atom. The van der Waals surface area contributed by atoms with Crippen molar-refractivity contribution in [3.05, 3.63) is 23.2 Å². The Balaban J connectivity index is 0.000000127. The van der Waals surface area contributed by atoms with Crippen molar-refractivity contribution in [1.29, 1.82) is 0 Å². The molecule has 2 bridgehead atoms. The molecule has 0 amide bonds. The van der Waals surface area contributed by atoms with Crippen LogP contribution in [0.4, 0.5) is 0 Å². The molecule has 0 radical (unpaired) electrons. The summed E-state index contributed by atoms with van der Waals surface area (Å²) in [5.74, 6) is 0. The minimum absolute atomic E-state index is 0.711. The molecule has 0 spiro atoms. The zero-order chi connectivity index (χ0) is 12.3. The van der Waals surface area contributed by atoms with Crippen molar-refractivity contribution in [2.75, 3.05) is 13.6 Å². The van der Waals surface area contributed by atoms with Gasteiger partial charge in [-0.1, -0.05) is 24.9 Å². The molecular weight excluding hydrogens is 234 g/mol. The van der Waals surface area contributed by atoms with Crippen molar-refractivity contribution in [3.63, 3.8) is 0 Å². The van der Waals surface area contributed by atoms with Gasteiger partial charge in [-0.2, -0.15) is 0 Å². The molecule has 3 heterocycles. The second kappa shape index (κ2) is 5.74. The van der Waals surface area contributed by atoms with E-state index in [2.05, 4.69) is 18.9 Å². The van der Waals surface area contributed by atoms with Gasteiger partial charge < -0.3 is 9.32 Å². The highest BCUT2D eigenvalue weighted by Gasteiger charge is 2.15. The third-order valence-electron chi connectivity index (χ3n) is 3.52. The Bertz CT molecular complexity index is 439. The molecule has 0 saturated carbocycles. The van der Waals surface area contributed by atoms with Crippen molar-refractivity contribution in [1.82, 2.24) is 4.90 Å². The first-order valence-corrected chi connectivity index (χ1v) is 6.76. The normalized spacial score (nSPS) is 21.5. The van der Waals surface area contributed by atoms with Crippen molar-refractivity contribution in [3.8, 4) is 0 Å². The van der Waals surface area contributed by atoms with Crippen LogP contribution in [-0.4, -0.2) is 24.5 Å². The lowest BCUT2D eigenvalue weighted by Gasteiger charge is -2.31. The van der Waals surface area contributed by atoms with Gasteiger partial charge in [-0.25, -0.2) is 0 Å². The lowest BCUT2D eigenvalue weighted by atomic mass is 10.0. The quantitative estimate of drug-likeness (QED) is 0.749. The summed E-state index contributed by atoms with van der Waals surface area (Å²) in [6, 6.07) is 6.44. The van der Waals surface area contributed by atoms with Crippen LogP contribution in [0.3, 0.4) is 0 Å². The first kappa shape index (κ1) is 12.7. The minimum Gasteiger partial charge on any atom is -0.456 e. The molecule has 1 atom stereocenters. The highest BCUT2D eigenvalue weighted by Crippen LogP contribution is 2.25. The van der Waals surface area contributed by atoms with Gasteiger partial charge in [0.05, 0.1) is 5.02 Å². The molecule has 1 fully saturated rings. The lowest BCUT2D eigenvalue weighted by molar-refractivity contribution is 0.181. The lowest BCUT2D eigenvalue weighted by Crippen LogP contribution is -2.35. The number of hydrogen-bond donors (Lipinski definition) is 0. The highest BCUT2D eigenvalue weighted by atomic mass is 35.5. The average Bonchev–Trinajstić information content (AvgIpc) is 2.92. The Morgan fingerprint density at radius 3 is 2.59 bits per heavy atom. The van der Waals surface area contributed by atoms with Crippen LogP contribution in [0.25, 0.3) is 11.2 Å². The van der Waals surface area contributed by atoms with E-state index < -0.39 is 0 Å². The summed E-state index contributed by atoms with van der Waals surface area (Å²) in [6.07, 6.45) is 5.61. The molecule has 2 aromatic rings. The maximum Gasteiger partial charge on any atom is 0.146 e. The molecule has 0 aliphatic carbocycles. The number of hydrogen-bond acceptors (Lipinski definition) is 2. The number of benzene rings is 1. The van der Waals surface area contributed by atoms with E-state index in [0.717, 1.165) is 17.2 Å². The number of likely N-dealkylation sites (tertiary alicyclic amines) is 1. The van der Waals surface area contributed by atoms with E-state index in [9.17, 15) is 0 Å². The molecule has 2 nitrogen and oxygen atoms in total. The van der Waals surface area contributed by atoms with Crippen LogP contribution in [0.2, 0.25) is 5.02 Å². The fraction of sp³-hybridized carbons (Fsp3) is 0.571. The number of rotatable bonds is 1. The predicted octanol–water partition coefficient (Wildman–Crippen LogP) is 4.40. The van der Waals surface area contributed by atoms with Gasteiger partial charge in [0.25, 0.3) is 0 Å². The van der Waals surface area contributed by atoms with Gasteiger partial charge in [0.1, 0.15) is 11.2 Å². The van der Waals surface area contributed by atoms with E-state index in [0.29, 0.717) is 5.02 Å². The first-order chi connectivity index (χ1) is 8.20. The second-order valence-electron chi connectivity index (χ2n) is 4.73. The van der Waals surface area contributed by atoms with E-state index in [-0.39, 0.29) is 0 Å². The summed E-state index contributed by atoms with van der Waals surface area (Å²) in [4.78, 5) is 2.49. The molecule has 2 aromatic heterocycles. The Labute approximate surface area is 108 Å². The standard InChI is InChI=1S/C8H17N.C6H3ClO/c1-3-8-6-4-5-7-9(8)2;7-5-3-4-1-2-6(5)8-4/h8H,3-7H2,1-2H3;1-3H. The summed E-state index contributed by atoms with van der Waals surface area (Å²) < 4.78 is 5.08. The Hall–Kier alpha value is -0.730. The summed E-state index contributed by atoms with van der Waals surface area (Å²) in [5, 5.41) is 0.711. The number of piperidine rings is 1. The molecule has 94 valence electrons. The Kier molecular flexibility index (Phi) is 4.30. The number of furan rings is 2. The molecule has 1 saturated heterocycles. The minimum atomic E-state index is 0.711. The van der Waals surface area contributed by atoms with Crippen LogP contribution in [0.15, 0.2) is 22.6 Å². The smallest absolute Gasteiger partial charge is 0.146 e. The van der Waals surface area contributed by atoms with Gasteiger partial charge in [0.2, 0.25) is 0 Å². The largest absolute Gasteiger partial charge is 0.456 e. The molecule has 0 aromatic carbocycles. The molecule has 3 rings (SSSR count). The average molecular weight is 254 g/mol.